The summed E-state index contributed by atoms with van der Waals surface area (Å²) in [6.07, 6.45) is 5.07. The lowest BCUT2D eigenvalue weighted by Gasteiger charge is -2.36. The summed E-state index contributed by atoms with van der Waals surface area (Å²) in [5, 5.41) is 0.748. The summed E-state index contributed by atoms with van der Waals surface area (Å²) in [6, 6.07) is 21.3. The minimum absolute atomic E-state index is 0.205. The predicted octanol–water partition coefficient (Wildman–Crippen LogP) is 7.53. The highest BCUT2D eigenvalue weighted by Gasteiger charge is 2.37. The number of pyridine rings is 1. The highest BCUT2D eigenvalue weighted by Crippen LogP contribution is 2.47. The normalized spacial score (nSPS) is 15.3. The molecule has 1 aliphatic carbocycles. The van der Waals surface area contributed by atoms with Crippen molar-refractivity contribution in [3.63, 3.8) is 0 Å². The van der Waals surface area contributed by atoms with Crippen molar-refractivity contribution in [2.75, 3.05) is 0 Å². The summed E-state index contributed by atoms with van der Waals surface area (Å²) in [7, 11) is 0. The van der Waals surface area contributed by atoms with E-state index >= 15 is 0 Å². The molecular formula is C27H28ClFN2. The molecular weight excluding hydrogens is 407 g/mol. The summed E-state index contributed by atoms with van der Waals surface area (Å²) in [5.74, 6) is 0.634. The number of nitrogens with zero attached hydrogens (tertiary/aromatic N) is 2. The Morgan fingerprint density at radius 3 is 2.35 bits per heavy atom. The van der Waals surface area contributed by atoms with Crippen molar-refractivity contribution in [2.45, 2.75) is 44.7 Å². The average molecular weight is 435 g/mol. The molecule has 3 aromatic rings. The molecule has 2 aromatic carbocycles. The first-order valence-corrected chi connectivity index (χ1v) is 11.2. The van der Waals surface area contributed by atoms with Gasteiger partial charge in [0.05, 0.1) is 18.3 Å². The second-order valence-corrected chi connectivity index (χ2v) is 8.94. The standard InChI is InChI=1S/C27H28ClFN2/c1-19(21-10-14-25(29)15-11-21)17-20(2)31(18-26-5-3-4-16-30-26)27(22-6-7-22)23-8-12-24(28)13-9-23/h3-5,8-16,19,22,27H,2,6-7,17-18H2,1H3. The Bertz CT molecular complexity index is 998. The Morgan fingerprint density at radius 2 is 1.74 bits per heavy atom. The molecule has 1 fully saturated rings. The molecule has 0 amide bonds. The molecule has 4 rings (SSSR count). The fourth-order valence-corrected chi connectivity index (χ4v) is 4.36. The number of benzene rings is 2. The van der Waals surface area contributed by atoms with Crippen molar-refractivity contribution in [2.24, 2.45) is 5.92 Å². The smallest absolute Gasteiger partial charge is 0.123 e. The van der Waals surface area contributed by atoms with Crippen LogP contribution in [-0.2, 0) is 6.54 Å². The zero-order valence-electron chi connectivity index (χ0n) is 17.8. The van der Waals surface area contributed by atoms with Gasteiger partial charge in [0.15, 0.2) is 0 Å². The van der Waals surface area contributed by atoms with Gasteiger partial charge in [0.1, 0.15) is 5.82 Å². The van der Waals surface area contributed by atoms with Crippen LogP contribution in [0.2, 0.25) is 5.02 Å². The lowest BCUT2D eigenvalue weighted by molar-refractivity contribution is 0.210. The van der Waals surface area contributed by atoms with Gasteiger partial charge in [-0.2, -0.15) is 0 Å². The largest absolute Gasteiger partial charge is 0.362 e. The predicted molar refractivity (Wildman–Crippen MR) is 125 cm³/mol. The summed E-state index contributed by atoms with van der Waals surface area (Å²) in [6.45, 7) is 7.39. The van der Waals surface area contributed by atoms with Gasteiger partial charge < -0.3 is 4.90 Å². The molecule has 1 aromatic heterocycles. The quantitative estimate of drug-likeness (QED) is 0.346. The van der Waals surface area contributed by atoms with Crippen LogP contribution in [0.25, 0.3) is 0 Å². The van der Waals surface area contributed by atoms with Crippen LogP contribution in [0, 0.1) is 11.7 Å². The number of rotatable bonds is 9. The van der Waals surface area contributed by atoms with E-state index in [0.29, 0.717) is 12.5 Å². The topological polar surface area (TPSA) is 16.1 Å². The van der Waals surface area contributed by atoms with E-state index in [1.807, 2.05) is 42.6 Å². The third-order valence-electron chi connectivity index (χ3n) is 6.06. The van der Waals surface area contributed by atoms with Crippen LogP contribution >= 0.6 is 11.6 Å². The molecule has 0 spiro atoms. The van der Waals surface area contributed by atoms with E-state index in [2.05, 4.69) is 41.6 Å². The summed E-state index contributed by atoms with van der Waals surface area (Å²) in [5.41, 5.74) is 4.49. The average Bonchev–Trinajstić information content (AvgIpc) is 3.61. The molecule has 2 unspecified atom stereocenters. The lowest BCUT2D eigenvalue weighted by Crippen LogP contribution is -2.30. The third kappa shape index (κ3) is 5.54. The molecule has 1 saturated carbocycles. The van der Waals surface area contributed by atoms with E-state index in [9.17, 15) is 4.39 Å². The first-order chi connectivity index (χ1) is 15.0. The summed E-state index contributed by atoms with van der Waals surface area (Å²) >= 11 is 6.16. The first-order valence-electron chi connectivity index (χ1n) is 10.9. The maximum atomic E-state index is 13.4. The molecule has 4 heteroatoms. The van der Waals surface area contributed by atoms with Gasteiger partial charge >= 0.3 is 0 Å². The van der Waals surface area contributed by atoms with Crippen LogP contribution < -0.4 is 0 Å². The maximum Gasteiger partial charge on any atom is 0.123 e. The van der Waals surface area contributed by atoms with Crippen molar-refractivity contribution in [1.29, 1.82) is 0 Å². The van der Waals surface area contributed by atoms with Gasteiger partial charge in [0.2, 0.25) is 0 Å². The van der Waals surface area contributed by atoms with Crippen LogP contribution in [-0.4, -0.2) is 9.88 Å². The van der Waals surface area contributed by atoms with Gasteiger partial charge in [0.25, 0.3) is 0 Å². The number of hydrogen-bond donors (Lipinski definition) is 0. The number of aromatic nitrogens is 1. The Kier molecular flexibility index (Phi) is 6.72. The van der Waals surface area contributed by atoms with Crippen molar-refractivity contribution in [3.8, 4) is 0 Å². The highest BCUT2D eigenvalue weighted by molar-refractivity contribution is 6.30. The number of halogens is 2. The molecule has 160 valence electrons. The fourth-order valence-electron chi connectivity index (χ4n) is 4.23. The maximum absolute atomic E-state index is 13.4. The van der Waals surface area contributed by atoms with Crippen LogP contribution in [0.4, 0.5) is 4.39 Å². The minimum Gasteiger partial charge on any atom is -0.362 e. The molecule has 2 nitrogen and oxygen atoms in total. The fraction of sp³-hybridized carbons (Fsp3) is 0.296. The monoisotopic (exact) mass is 434 g/mol. The Hall–Kier alpha value is -2.65. The molecule has 2 atom stereocenters. The van der Waals surface area contributed by atoms with Crippen LogP contribution in [0.5, 0.6) is 0 Å². The second-order valence-electron chi connectivity index (χ2n) is 8.51. The Morgan fingerprint density at radius 1 is 1.06 bits per heavy atom. The van der Waals surface area contributed by atoms with Crippen molar-refractivity contribution >= 4 is 11.6 Å². The molecule has 0 aliphatic heterocycles. The van der Waals surface area contributed by atoms with E-state index in [4.69, 9.17) is 11.6 Å². The van der Waals surface area contributed by atoms with E-state index in [0.717, 1.165) is 28.4 Å². The van der Waals surface area contributed by atoms with Gasteiger partial charge in [-0.15, -0.1) is 0 Å². The highest BCUT2D eigenvalue weighted by atomic mass is 35.5. The molecule has 0 N–H and O–H groups in total. The number of allylic oxidation sites excluding steroid dienone is 1. The molecule has 0 saturated heterocycles. The van der Waals surface area contributed by atoms with Crippen molar-refractivity contribution < 1.29 is 4.39 Å². The molecule has 1 heterocycles. The zero-order chi connectivity index (χ0) is 21.8. The SMILES string of the molecule is C=C(CC(C)c1ccc(F)cc1)N(Cc1ccccn1)C(c1ccc(Cl)cc1)C1CC1. The molecule has 31 heavy (non-hydrogen) atoms. The second kappa shape index (κ2) is 9.65. The van der Waals surface area contributed by atoms with Gasteiger partial charge in [-0.1, -0.05) is 55.4 Å². The van der Waals surface area contributed by atoms with Crippen LogP contribution in [0.3, 0.4) is 0 Å². The third-order valence-corrected chi connectivity index (χ3v) is 6.31. The Labute approximate surface area is 189 Å². The Balaban J connectivity index is 1.61. The number of hydrogen-bond acceptors (Lipinski definition) is 2. The van der Waals surface area contributed by atoms with Crippen molar-refractivity contribution in [3.05, 3.63) is 113 Å². The van der Waals surface area contributed by atoms with Gasteiger partial charge in [-0.05, 0) is 78.6 Å². The van der Waals surface area contributed by atoms with E-state index in [1.54, 1.807) is 0 Å². The van der Waals surface area contributed by atoms with Crippen LogP contribution in [0.1, 0.15) is 55.0 Å². The van der Waals surface area contributed by atoms with Gasteiger partial charge in [0, 0.05) is 16.9 Å². The minimum atomic E-state index is -0.205. The van der Waals surface area contributed by atoms with Crippen LogP contribution in [0.15, 0.2) is 85.2 Å². The van der Waals surface area contributed by atoms with E-state index < -0.39 is 0 Å². The zero-order valence-corrected chi connectivity index (χ0v) is 18.6. The first kappa shape index (κ1) is 21.6. The van der Waals surface area contributed by atoms with E-state index in [1.165, 1.54) is 30.5 Å². The summed E-state index contributed by atoms with van der Waals surface area (Å²) < 4.78 is 13.4. The van der Waals surface area contributed by atoms with Crippen molar-refractivity contribution in [1.82, 2.24) is 9.88 Å². The molecule has 0 radical (unpaired) electrons. The van der Waals surface area contributed by atoms with E-state index in [-0.39, 0.29) is 17.8 Å². The van der Waals surface area contributed by atoms with Gasteiger partial charge in [-0.3, -0.25) is 4.98 Å². The molecule has 1 aliphatic rings. The van der Waals surface area contributed by atoms with Gasteiger partial charge in [-0.25, -0.2) is 4.39 Å². The summed E-state index contributed by atoms with van der Waals surface area (Å²) in [4.78, 5) is 6.99. The molecule has 0 bridgehead atoms. The lowest BCUT2D eigenvalue weighted by atomic mass is 9.93.